The van der Waals surface area contributed by atoms with Crippen molar-refractivity contribution >= 4 is 17.9 Å². The van der Waals surface area contributed by atoms with E-state index in [1.807, 2.05) is 0 Å². The van der Waals surface area contributed by atoms with Gasteiger partial charge in [-0.2, -0.15) is 0 Å². The molecule has 1 aliphatic rings. The van der Waals surface area contributed by atoms with Crippen molar-refractivity contribution < 1.29 is 33.3 Å². The van der Waals surface area contributed by atoms with Crippen LogP contribution in [0.3, 0.4) is 0 Å². The van der Waals surface area contributed by atoms with Crippen LogP contribution in [0.5, 0.6) is 0 Å². The van der Waals surface area contributed by atoms with Gasteiger partial charge in [-0.05, 0) is 43.3 Å². The number of hydrogen-bond acceptors (Lipinski definition) is 7. The Morgan fingerprint density at radius 3 is 1.53 bits per heavy atom. The topological polar surface area (TPSA) is 88.1 Å². The lowest BCUT2D eigenvalue weighted by Crippen LogP contribution is -2.41. The quantitative estimate of drug-likeness (QED) is 0.388. The Hall–Kier alpha value is -3.97. The summed E-state index contributed by atoms with van der Waals surface area (Å²) in [7, 11) is 0. The monoisotopic (exact) mass is 460 g/mol. The minimum Gasteiger partial charge on any atom is -0.459 e. The molecule has 0 aromatic heterocycles. The fourth-order valence-corrected chi connectivity index (χ4v) is 3.70. The van der Waals surface area contributed by atoms with Crippen LogP contribution in [0, 0.1) is 0 Å². The molecule has 1 saturated heterocycles. The highest BCUT2D eigenvalue weighted by Gasteiger charge is 2.48. The standard InChI is InChI=1S/C27H24O7/c1-18-23(33-26(29)20-13-7-3-8-14-20)24(34-27(30)21-15-9-4-10-16-21)22(32-18)17-31-25(28)19-11-5-2-6-12-19/h2-16,18,22-24H,17H2,1H3/t18-,22+,23?,24?/m0/s1. The molecule has 0 spiro atoms. The molecule has 1 heterocycles. The highest BCUT2D eigenvalue weighted by molar-refractivity contribution is 5.91. The Balaban J connectivity index is 1.51. The van der Waals surface area contributed by atoms with Crippen LogP contribution in [0.1, 0.15) is 38.0 Å². The summed E-state index contributed by atoms with van der Waals surface area (Å²) < 4.78 is 22.8. The number of esters is 3. The normalized spacial score (nSPS) is 21.4. The molecule has 3 aromatic carbocycles. The lowest BCUT2D eigenvalue weighted by atomic mass is 10.1. The van der Waals surface area contributed by atoms with Crippen molar-refractivity contribution in [2.24, 2.45) is 0 Å². The predicted molar refractivity (Wildman–Crippen MR) is 122 cm³/mol. The Bertz CT molecular complexity index is 1120. The first-order valence-electron chi connectivity index (χ1n) is 10.9. The number of hydrogen-bond donors (Lipinski definition) is 0. The van der Waals surface area contributed by atoms with Crippen molar-refractivity contribution in [3.63, 3.8) is 0 Å². The molecule has 7 heteroatoms. The summed E-state index contributed by atoms with van der Waals surface area (Å²) in [6.45, 7) is 1.54. The summed E-state index contributed by atoms with van der Waals surface area (Å²) in [4.78, 5) is 37.9. The minimum absolute atomic E-state index is 0.176. The van der Waals surface area contributed by atoms with Gasteiger partial charge in [0.05, 0.1) is 22.8 Å². The number of carbonyl (C=O) groups is 3. The van der Waals surface area contributed by atoms with E-state index in [0.29, 0.717) is 16.7 Å². The molecule has 4 atom stereocenters. The molecule has 0 amide bonds. The Labute approximate surface area is 197 Å². The van der Waals surface area contributed by atoms with E-state index in [1.54, 1.807) is 97.9 Å². The molecule has 0 bridgehead atoms. The van der Waals surface area contributed by atoms with Crippen LogP contribution in [-0.4, -0.2) is 48.9 Å². The van der Waals surface area contributed by atoms with E-state index in [1.165, 1.54) is 0 Å². The highest BCUT2D eigenvalue weighted by atomic mass is 16.6. The zero-order valence-corrected chi connectivity index (χ0v) is 18.5. The Morgan fingerprint density at radius 1 is 0.647 bits per heavy atom. The van der Waals surface area contributed by atoms with Gasteiger partial charge >= 0.3 is 17.9 Å². The maximum atomic E-state index is 12.8. The van der Waals surface area contributed by atoms with Gasteiger partial charge in [-0.15, -0.1) is 0 Å². The van der Waals surface area contributed by atoms with Crippen molar-refractivity contribution in [2.75, 3.05) is 6.61 Å². The average molecular weight is 460 g/mol. The summed E-state index contributed by atoms with van der Waals surface area (Å²) in [6.07, 6.45) is -3.27. The summed E-state index contributed by atoms with van der Waals surface area (Å²) >= 11 is 0. The van der Waals surface area contributed by atoms with Gasteiger partial charge in [0.25, 0.3) is 0 Å². The molecule has 174 valence electrons. The zero-order valence-electron chi connectivity index (χ0n) is 18.5. The van der Waals surface area contributed by atoms with E-state index in [4.69, 9.17) is 18.9 Å². The van der Waals surface area contributed by atoms with Crippen LogP contribution >= 0.6 is 0 Å². The van der Waals surface area contributed by atoms with Crippen molar-refractivity contribution in [1.82, 2.24) is 0 Å². The summed E-state index contributed by atoms with van der Waals surface area (Å²) in [6, 6.07) is 25.5. The predicted octanol–water partition coefficient (Wildman–Crippen LogP) is 4.08. The van der Waals surface area contributed by atoms with E-state index in [0.717, 1.165) is 0 Å². The van der Waals surface area contributed by atoms with Crippen molar-refractivity contribution in [3.05, 3.63) is 108 Å². The van der Waals surface area contributed by atoms with Gasteiger partial charge in [0.1, 0.15) is 12.7 Å². The second-order valence-corrected chi connectivity index (χ2v) is 7.82. The van der Waals surface area contributed by atoms with E-state index in [9.17, 15) is 14.4 Å². The second kappa shape index (κ2) is 10.8. The molecule has 1 aliphatic heterocycles. The zero-order chi connectivity index (χ0) is 23.9. The SMILES string of the molecule is C[C@@H]1O[C@H](COC(=O)c2ccccc2)C(OC(=O)c2ccccc2)C1OC(=O)c1ccccc1. The minimum atomic E-state index is -0.973. The van der Waals surface area contributed by atoms with E-state index >= 15 is 0 Å². The molecular weight excluding hydrogens is 436 g/mol. The van der Waals surface area contributed by atoms with E-state index < -0.39 is 42.3 Å². The van der Waals surface area contributed by atoms with Crippen molar-refractivity contribution in [3.8, 4) is 0 Å². The summed E-state index contributed by atoms with van der Waals surface area (Å²) in [5.41, 5.74) is 1.09. The average Bonchev–Trinajstić information content (AvgIpc) is 3.17. The van der Waals surface area contributed by atoms with Gasteiger partial charge in [0, 0.05) is 0 Å². The third-order valence-electron chi connectivity index (χ3n) is 5.44. The lowest BCUT2D eigenvalue weighted by molar-refractivity contribution is -0.0442. The Kier molecular flexibility index (Phi) is 7.34. The highest BCUT2D eigenvalue weighted by Crippen LogP contribution is 2.29. The fraction of sp³-hybridized carbons (Fsp3) is 0.222. The van der Waals surface area contributed by atoms with Gasteiger partial charge in [0.15, 0.2) is 12.2 Å². The fourth-order valence-electron chi connectivity index (χ4n) is 3.70. The maximum Gasteiger partial charge on any atom is 0.338 e. The molecule has 0 saturated carbocycles. The lowest BCUT2D eigenvalue weighted by Gasteiger charge is -2.24. The van der Waals surface area contributed by atoms with Crippen LogP contribution in [0.25, 0.3) is 0 Å². The van der Waals surface area contributed by atoms with Crippen molar-refractivity contribution in [1.29, 1.82) is 0 Å². The number of benzene rings is 3. The third kappa shape index (κ3) is 5.50. The smallest absolute Gasteiger partial charge is 0.338 e. The summed E-state index contributed by atoms with van der Waals surface area (Å²) in [5, 5.41) is 0. The largest absolute Gasteiger partial charge is 0.459 e. The first kappa shape index (κ1) is 23.2. The molecule has 0 aliphatic carbocycles. The van der Waals surface area contributed by atoms with Crippen molar-refractivity contribution in [2.45, 2.75) is 31.3 Å². The number of carbonyl (C=O) groups excluding carboxylic acids is 3. The molecule has 3 aromatic rings. The van der Waals surface area contributed by atoms with Gasteiger partial charge < -0.3 is 18.9 Å². The van der Waals surface area contributed by atoms with Crippen LogP contribution in [0.2, 0.25) is 0 Å². The first-order chi connectivity index (χ1) is 16.5. The molecule has 0 N–H and O–H groups in total. The van der Waals surface area contributed by atoms with Gasteiger partial charge in [0.2, 0.25) is 0 Å². The molecule has 34 heavy (non-hydrogen) atoms. The van der Waals surface area contributed by atoms with E-state index in [2.05, 4.69) is 0 Å². The first-order valence-corrected chi connectivity index (χ1v) is 10.9. The maximum absolute atomic E-state index is 12.8. The molecular formula is C27H24O7. The molecule has 1 fully saturated rings. The van der Waals surface area contributed by atoms with Crippen LogP contribution < -0.4 is 0 Å². The van der Waals surface area contributed by atoms with Gasteiger partial charge in [-0.25, -0.2) is 14.4 Å². The molecule has 0 radical (unpaired) electrons. The second-order valence-electron chi connectivity index (χ2n) is 7.82. The van der Waals surface area contributed by atoms with Crippen LogP contribution in [-0.2, 0) is 18.9 Å². The summed E-state index contributed by atoms with van der Waals surface area (Å²) in [5.74, 6) is -1.69. The van der Waals surface area contributed by atoms with E-state index in [-0.39, 0.29) is 6.61 Å². The van der Waals surface area contributed by atoms with Crippen LogP contribution in [0.4, 0.5) is 0 Å². The van der Waals surface area contributed by atoms with Gasteiger partial charge in [-0.1, -0.05) is 54.6 Å². The molecule has 7 nitrogen and oxygen atoms in total. The number of ether oxygens (including phenoxy) is 4. The molecule has 4 rings (SSSR count). The third-order valence-corrected chi connectivity index (χ3v) is 5.44. The Morgan fingerprint density at radius 2 is 1.06 bits per heavy atom. The van der Waals surface area contributed by atoms with Gasteiger partial charge in [-0.3, -0.25) is 0 Å². The van der Waals surface area contributed by atoms with Crippen LogP contribution in [0.15, 0.2) is 91.0 Å². The molecule has 2 unspecified atom stereocenters. The number of rotatable bonds is 7.